The molecule has 0 aliphatic rings. The lowest BCUT2D eigenvalue weighted by Crippen LogP contribution is -2.27. The third-order valence-electron chi connectivity index (χ3n) is 2.25. The van der Waals surface area contributed by atoms with Crippen LogP contribution in [0.25, 0.3) is 6.08 Å². The lowest BCUT2D eigenvalue weighted by atomic mass is 10.2. The molecule has 0 aliphatic heterocycles. The van der Waals surface area contributed by atoms with Crippen molar-refractivity contribution in [2.75, 3.05) is 20.0 Å². The predicted octanol–water partition coefficient (Wildman–Crippen LogP) is 1.84. The van der Waals surface area contributed by atoms with Crippen LogP contribution >= 0.6 is 11.6 Å². The Morgan fingerprint density at radius 3 is 2.62 bits per heavy atom. The number of carbonyl (C=O) groups is 1. The number of amides is 1. The summed E-state index contributed by atoms with van der Waals surface area (Å²) in [7, 11) is -2.11. The van der Waals surface area contributed by atoms with Crippen LogP contribution in [0.2, 0.25) is 5.02 Å². The number of halogens is 1. The second kappa shape index (κ2) is 7.33. The molecule has 0 saturated carbocycles. The van der Waals surface area contributed by atoms with Gasteiger partial charge in [0, 0.05) is 6.08 Å². The molecule has 0 bridgehead atoms. The number of methoxy groups -OCH3 is 1. The molecular formula is C13H16ClNO5S. The molecule has 1 aromatic carbocycles. The van der Waals surface area contributed by atoms with Crippen LogP contribution in [0.1, 0.15) is 12.5 Å². The Bertz CT molecular complexity index is 655. The van der Waals surface area contributed by atoms with Gasteiger partial charge in [0.25, 0.3) is 5.91 Å². The number of sulfonamides is 1. The standard InChI is InChI=1S/C13H16ClNO5S/c1-4-20-11-8-9(7-10(14)13(11)19-2)5-6-12(16)15-21(3,17)18/h5-8H,4H2,1-3H3,(H,15,16)/b6-5+. The summed E-state index contributed by atoms with van der Waals surface area (Å²) in [5.74, 6) is 0.0920. The first-order valence-electron chi connectivity index (χ1n) is 5.97. The minimum absolute atomic E-state index is 0.326. The Balaban J connectivity index is 3.01. The quantitative estimate of drug-likeness (QED) is 0.803. The van der Waals surface area contributed by atoms with Gasteiger partial charge in [0.15, 0.2) is 11.5 Å². The van der Waals surface area contributed by atoms with E-state index in [9.17, 15) is 13.2 Å². The van der Waals surface area contributed by atoms with Crippen LogP contribution in [0.15, 0.2) is 18.2 Å². The first-order chi connectivity index (χ1) is 9.76. The van der Waals surface area contributed by atoms with Gasteiger partial charge in [-0.1, -0.05) is 11.6 Å². The predicted molar refractivity (Wildman–Crippen MR) is 81.2 cm³/mol. The van der Waals surface area contributed by atoms with Crippen molar-refractivity contribution in [1.29, 1.82) is 0 Å². The third kappa shape index (κ3) is 5.65. The monoisotopic (exact) mass is 333 g/mol. The Morgan fingerprint density at radius 2 is 2.10 bits per heavy atom. The summed E-state index contributed by atoms with van der Waals surface area (Å²) in [4.78, 5) is 11.4. The van der Waals surface area contributed by atoms with E-state index in [0.29, 0.717) is 28.7 Å². The SMILES string of the molecule is CCOc1cc(/C=C/C(=O)NS(C)(=O)=O)cc(Cl)c1OC. The molecule has 0 heterocycles. The molecule has 0 fully saturated rings. The van der Waals surface area contributed by atoms with Gasteiger partial charge in [0.1, 0.15) is 0 Å². The number of ether oxygens (including phenoxy) is 2. The number of hydrogen-bond donors (Lipinski definition) is 1. The topological polar surface area (TPSA) is 81.7 Å². The molecule has 8 heteroatoms. The Labute approximate surface area is 128 Å². The Hall–Kier alpha value is -1.73. The smallest absolute Gasteiger partial charge is 0.257 e. The lowest BCUT2D eigenvalue weighted by molar-refractivity contribution is -0.114. The average Bonchev–Trinajstić information content (AvgIpc) is 2.34. The normalized spacial score (nSPS) is 11.4. The molecule has 0 saturated heterocycles. The lowest BCUT2D eigenvalue weighted by Gasteiger charge is -2.11. The van der Waals surface area contributed by atoms with E-state index in [0.717, 1.165) is 12.3 Å². The highest BCUT2D eigenvalue weighted by Crippen LogP contribution is 2.36. The van der Waals surface area contributed by atoms with E-state index in [1.807, 2.05) is 11.6 Å². The highest BCUT2D eigenvalue weighted by atomic mass is 35.5. The summed E-state index contributed by atoms with van der Waals surface area (Å²) in [6.07, 6.45) is 3.42. The molecule has 0 aliphatic carbocycles. The van der Waals surface area contributed by atoms with Gasteiger partial charge in [0.2, 0.25) is 10.0 Å². The van der Waals surface area contributed by atoms with E-state index in [-0.39, 0.29) is 0 Å². The van der Waals surface area contributed by atoms with Crippen molar-refractivity contribution >= 4 is 33.6 Å². The summed E-state index contributed by atoms with van der Waals surface area (Å²) in [5, 5.41) is 0.326. The fourth-order valence-electron chi connectivity index (χ4n) is 1.53. The second-order valence-electron chi connectivity index (χ2n) is 4.04. The van der Waals surface area contributed by atoms with Gasteiger partial charge in [-0.3, -0.25) is 4.79 Å². The molecule has 0 atom stereocenters. The number of nitrogens with one attached hydrogen (secondary N) is 1. The zero-order valence-electron chi connectivity index (χ0n) is 11.8. The van der Waals surface area contributed by atoms with Crippen LogP contribution in [0.4, 0.5) is 0 Å². The van der Waals surface area contributed by atoms with Crippen molar-refractivity contribution in [3.8, 4) is 11.5 Å². The number of carbonyl (C=O) groups excluding carboxylic acids is 1. The van der Waals surface area contributed by atoms with Crippen molar-refractivity contribution < 1.29 is 22.7 Å². The summed E-state index contributed by atoms with van der Waals surface area (Å²) in [6.45, 7) is 2.24. The highest BCUT2D eigenvalue weighted by Gasteiger charge is 2.11. The van der Waals surface area contributed by atoms with E-state index < -0.39 is 15.9 Å². The van der Waals surface area contributed by atoms with Crippen LogP contribution in [0.3, 0.4) is 0 Å². The van der Waals surface area contributed by atoms with Gasteiger partial charge in [-0.25, -0.2) is 13.1 Å². The van der Waals surface area contributed by atoms with Crippen molar-refractivity contribution in [2.24, 2.45) is 0 Å². The second-order valence-corrected chi connectivity index (χ2v) is 6.19. The summed E-state index contributed by atoms with van der Waals surface area (Å²) < 4.78 is 34.2. The fraction of sp³-hybridized carbons (Fsp3) is 0.308. The van der Waals surface area contributed by atoms with Crippen LogP contribution in [-0.2, 0) is 14.8 Å². The van der Waals surface area contributed by atoms with Crippen LogP contribution in [0, 0.1) is 0 Å². The molecule has 1 N–H and O–H groups in total. The van der Waals surface area contributed by atoms with Gasteiger partial charge in [-0.05, 0) is 30.7 Å². The maximum atomic E-state index is 11.4. The molecule has 6 nitrogen and oxygen atoms in total. The van der Waals surface area contributed by atoms with Gasteiger partial charge < -0.3 is 9.47 Å². The minimum atomic E-state index is -3.58. The Morgan fingerprint density at radius 1 is 1.43 bits per heavy atom. The summed E-state index contributed by atoms with van der Waals surface area (Å²) in [6, 6.07) is 3.21. The van der Waals surface area contributed by atoms with E-state index in [1.165, 1.54) is 13.2 Å². The molecule has 0 aromatic heterocycles. The van der Waals surface area contributed by atoms with Crippen LogP contribution in [-0.4, -0.2) is 34.3 Å². The molecule has 1 amide bonds. The van der Waals surface area contributed by atoms with Gasteiger partial charge in [-0.2, -0.15) is 0 Å². The van der Waals surface area contributed by atoms with Crippen molar-refractivity contribution in [3.63, 3.8) is 0 Å². The van der Waals surface area contributed by atoms with E-state index in [2.05, 4.69) is 0 Å². The van der Waals surface area contributed by atoms with Crippen LogP contribution in [0.5, 0.6) is 11.5 Å². The maximum absolute atomic E-state index is 11.4. The number of rotatable bonds is 6. The van der Waals surface area contributed by atoms with Crippen molar-refractivity contribution in [1.82, 2.24) is 4.72 Å². The van der Waals surface area contributed by atoms with Gasteiger partial charge in [-0.15, -0.1) is 0 Å². The van der Waals surface area contributed by atoms with Crippen molar-refractivity contribution in [2.45, 2.75) is 6.92 Å². The number of hydrogen-bond acceptors (Lipinski definition) is 5. The molecule has 21 heavy (non-hydrogen) atoms. The zero-order chi connectivity index (χ0) is 16.0. The first-order valence-corrected chi connectivity index (χ1v) is 8.24. The molecule has 116 valence electrons. The molecule has 1 rings (SSSR count). The number of benzene rings is 1. The highest BCUT2D eigenvalue weighted by molar-refractivity contribution is 7.89. The van der Waals surface area contributed by atoms with E-state index in [4.69, 9.17) is 21.1 Å². The van der Waals surface area contributed by atoms with Gasteiger partial charge in [0.05, 0.1) is 25.0 Å². The molecule has 0 unspecified atom stereocenters. The molecule has 1 aromatic rings. The third-order valence-corrected chi connectivity index (χ3v) is 3.10. The van der Waals surface area contributed by atoms with E-state index >= 15 is 0 Å². The van der Waals surface area contributed by atoms with Crippen molar-refractivity contribution in [3.05, 3.63) is 28.8 Å². The van der Waals surface area contributed by atoms with Crippen LogP contribution < -0.4 is 14.2 Å². The summed E-state index contributed by atoms with van der Waals surface area (Å²) in [5.41, 5.74) is 0.577. The largest absolute Gasteiger partial charge is 0.491 e. The fourth-order valence-corrected chi connectivity index (χ4v) is 2.26. The molecular weight excluding hydrogens is 318 g/mol. The zero-order valence-corrected chi connectivity index (χ0v) is 13.4. The van der Waals surface area contributed by atoms with Gasteiger partial charge >= 0.3 is 0 Å². The summed E-state index contributed by atoms with van der Waals surface area (Å²) >= 11 is 6.06. The Kier molecular flexibility index (Phi) is 6.04. The molecule has 0 radical (unpaired) electrons. The minimum Gasteiger partial charge on any atom is -0.491 e. The van der Waals surface area contributed by atoms with E-state index in [1.54, 1.807) is 12.1 Å². The average molecular weight is 334 g/mol. The first kappa shape index (κ1) is 17.3. The maximum Gasteiger partial charge on any atom is 0.257 e. The molecule has 0 spiro atoms.